The summed E-state index contributed by atoms with van der Waals surface area (Å²) in [6, 6.07) is 3.09. The fraction of sp³-hybridized carbons (Fsp3) is 0.400. The Kier molecular flexibility index (Phi) is 5.05. The molecule has 1 aromatic rings. The van der Waals surface area contributed by atoms with Crippen molar-refractivity contribution in [2.45, 2.75) is 25.3 Å². The zero-order valence-electron chi connectivity index (χ0n) is 11.6. The maximum Gasteiger partial charge on any atom is 0.328 e. The molecule has 1 saturated heterocycles. The number of aliphatic hydroxyl groups excluding tert-OH is 1. The van der Waals surface area contributed by atoms with Gasteiger partial charge in [0, 0.05) is 18.8 Å². The predicted octanol–water partition coefficient (Wildman–Crippen LogP) is 1.17. The van der Waals surface area contributed by atoms with E-state index in [-0.39, 0.29) is 18.6 Å². The minimum Gasteiger partial charge on any atom is -0.478 e. The molecule has 0 bridgehead atoms. The molecule has 0 radical (unpaired) electrons. The normalized spacial score (nSPS) is 18.9. The second kappa shape index (κ2) is 6.99. The summed E-state index contributed by atoms with van der Waals surface area (Å²) in [5.41, 5.74) is 0.925. The SMILES string of the molecule is O=C(O)C=Cc1ccc(C(=O)N2CCCCC2CO)nc1. The van der Waals surface area contributed by atoms with Crippen LogP contribution in [0.3, 0.4) is 0 Å². The van der Waals surface area contributed by atoms with Gasteiger partial charge in [0.15, 0.2) is 0 Å². The molecular formula is C15H18N2O4. The lowest BCUT2D eigenvalue weighted by Gasteiger charge is -2.34. The predicted molar refractivity (Wildman–Crippen MR) is 76.7 cm³/mol. The number of aliphatic hydroxyl groups is 1. The third-order valence-electron chi connectivity index (χ3n) is 3.52. The van der Waals surface area contributed by atoms with Gasteiger partial charge in [-0.25, -0.2) is 4.79 Å². The topological polar surface area (TPSA) is 90.7 Å². The first-order valence-electron chi connectivity index (χ1n) is 6.90. The van der Waals surface area contributed by atoms with E-state index in [1.807, 2.05) is 0 Å². The van der Waals surface area contributed by atoms with Crippen LogP contribution in [0.15, 0.2) is 24.4 Å². The molecule has 2 N–H and O–H groups in total. The zero-order valence-corrected chi connectivity index (χ0v) is 11.6. The van der Waals surface area contributed by atoms with Crippen molar-refractivity contribution in [1.82, 2.24) is 9.88 Å². The molecule has 1 unspecified atom stereocenters. The highest BCUT2D eigenvalue weighted by Crippen LogP contribution is 2.19. The number of hydrogen-bond donors (Lipinski definition) is 2. The Morgan fingerprint density at radius 1 is 1.38 bits per heavy atom. The molecule has 1 atom stereocenters. The molecule has 6 nitrogen and oxygen atoms in total. The number of aromatic nitrogens is 1. The highest BCUT2D eigenvalue weighted by molar-refractivity contribution is 5.93. The summed E-state index contributed by atoms with van der Waals surface area (Å²) in [6.07, 6.45) is 6.65. The minimum absolute atomic E-state index is 0.0365. The van der Waals surface area contributed by atoms with E-state index in [1.165, 1.54) is 12.3 Å². The van der Waals surface area contributed by atoms with E-state index in [9.17, 15) is 14.7 Å². The lowest BCUT2D eigenvalue weighted by Crippen LogP contribution is -2.45. The number of piperidine rings is 1. The van der Waals surface area contributed by atoms with Crippen molar-refractivity contribution in [1.29, 1.82) is 0 Å². The number of aliphatic carboxylic acids is 1. The molecule has 1 aliphatic heterocycles. The van der Waals surface area contributed by atoms with Crippen LogP contribution in [0, 0.1) is 0 Å². The summed E-state index contributed by atoms with van der Waals surface area (Å²) in [5, 5.41) is 17.9. The Balaban J connectivity index is 2.10. The Morgan fingerprint density at radius 3 is 2.81 bits per heavy atom. The molecular weight excluding hydrogens is 272 g/mol. The number of carbonyl (C=O) groups excluding carboxylic acids is 1. The summed E-state index contributed by atoms with van der Waals surface area (Å²) in [6.45, 7) is 0.595. The lowest BCUT2D eigenvalue weighted by atomic mass is 10.0. The maximum absolute atomic E-state index is 12.4. The summed E-state index contributed by atoms with van der Waals surface area (Å²) in [4.78, 5) is 28.6. The van der Waals surface area contributed by atoms with Crippen LogP contribution in [0.1, 0.15) is 35.3 Å². The number of carbonyl (C=O) groups is 2. The van der Waals surface area contributed by atoms with Crippen LogP contribution in [0.2, 0.25) is 0 Å². The molecule has 2 heterocycles. The van der Waals surface area contributed by atoms with Gasteiger partial charge in [-0.15, -0.1) is 0 Å². The van der Waals surface area contributed by atoms with Gasteiger partial charge in [-0.2, -0.15) is 0 Å². The van der Waals surface area contributed by atoms with Gasteiger partial charge in [-0.05, 0) is 37.0 Å². The van der Waals surface area contributed by atoms with Crippen LogP contribution in [0.25, 0.3) is 6.08 Å². The number of hydrogen-bond acceptors (Lipinski definition) is 4. The first-order valence-corrected chi connectivity index (χ1v) is 6.90. The Hall–Kier alpha value is -2.21. The summed E-state index contributed by atoms with van der Waals surface area (Å²) in [7, 11) is 0. The molecule has 1 amide bonds. The van der Waals surface area contributed by atoms with Crippen molar-refractivity contribution >= 4 is 18.0 Å². The van der Waals surface area contributed by atoms with Gasteiger partial charge in [0.25, 0.3) is 5.91 Å². The monoisotopic (exact) mass is 290 g/mol. The van der Waals surface area contributed by atoms with Crippen LogP contribution in [0.4, 0.5) is 0 Å². The summed E-state index contributed by atoms with van der Waals surface area (Å²) < 4.78 is 0. The van der Waals surface area contributed by atoms with Gasteiger partial charge in [-0.3, -0.25) is 9.78 Å². The number of amides is 1. The maximum atomic E-state index is 12.4. The van der Waals surface area contributed by atoms with Crippen molar-refractivity contribution in [3.8, 4) is 0 Å². The summed E-state index contributed by atoms with van der Waals surface area (Å²) in [5.74, 6) is -1.23. The average molecular weight is 290 g/mol. The molecule has 1 aliphatic rings. The van der Waals surface area contributed by atoms with Crippen LogP contribution in [-0.4, -0.2) is 51.2 Å². The van der Waals surface area contributed by atoms with E-state index in [2.05, 4.69) is 4.98 Å². The molecule has 0 spiro atoms. The molecule has 1 fully saturated rings. The van der Waals surface area contributed by atoms with E-state index in [1.54, 1.807) is 17.0 Å². The van der Waals surface area contributed by atoms with Gasteiger partial charge in [0.05, 0.1) is 12.6 Å². The van der Waals surface area contributed by atoms with Crippen molar-refractivity contribution < 1.29 is 19.8 Å². The van der Waals surface area contributed by atoms with E-state index in [0.29, 0.717) is 17.8 Å². The molecule has 21 heavy (non-hydrogen) atoms. The lowest BCUT2D eigenvalue weighted by molar-refractivity contribution is -0.131. The highest BCUT2D eigenvalue weighted by Gasteiger charge is 2.27. The van der Waals surface area contributed by atoms with E-state index in [4.69, 9.17) is 5.11 Å². The van der Waals surface area contributed by atoms with Gasteiger partial charge >= 0.3 is 5.97 Å². The Morgan fingerprint density at radius 2 is 2.19 bits per heavy atom. The van der Waals surface area contributed by atoms with Crippen molar-refractivity contribution in [2.24, 2.45) is 0 Å². The largest absolute Gasteiger partial charge is 0.478 e. The zero-order chi connectivity index (χ0) is 15.2. The van der Waals surface area contributed by atoms with Gasteiger partial charge in [-0.1, -0.05) is 6.07 Å². The van der Waals surface area contributed by atoms with Crippen molar-refractivity contribution in [3.05, 3.63) is 35.7 Å². The van der Waals surface area contributed by atoms with Crippen LogP contribution in [-0.2, 0) is 4.79 Å². The molecule has 0 saturated carbocycles. The Labute approximate surface area is 122 Å². The number of carboxylic acid groups (broad SMARTS) is 1. The van der Waals surface area contributed by atoms with E-state index in [0.717, 1.165) is 25.3 Å². The fourth-order valence-corrected chi connectivity index (χ4v) is 2.40. The van der Waals surface area contributed by atoms with Crippen LogP contribution >= 0.6 is 0 Å². The van der Waals surface area contributed by atoms with E-state index < -0.39 is 5.97 Å². The van der Waals surface area contributed by atoms with Crippen LogP contribution < -0.4 is 0 Å². The minimum atomic E-state index is -1.03. The van der Waals surface area contributed by atoms with Crippen molar-refractivity contribution in [3.63, 3.8) is 0 Å². The number of likely N-dealkylation sites (tertiary alicyclic amines) is 1. The van der Waals surface area contributed by atoms with Gasteiger partial charge < -0.3 is 15.1 Å². The molecule has 2 rings (SSSR count). The number of pyridine rings is 1. The fourth-order valence-electron chi connectivity index (χ4n) is 2.40. The molecule has 0 aliphatic carbocycles. The Bertz CT molecular complexity index is 539. The summed E-state index contributed by atoms with van der Waals surface area (Å²) >= 11 is 0. The van der Waals surface area contributed by atoms with Crippen molar-refractivity contribution in [2.75, 3.05) is 13.2 Å². The second-order valence-electron chi connectivity index (χ2n) is 4.98. The highest BCUT2D eigenvalue weighted by atomic mass is 16.4. The standard InChI is InChI=1S/C15H18N2O4/c18-10-12-3-1-2-8-17(12)15(21)13-6-4-11(9-16-13)5-7-14(19)20/h4-7,9,12,18H,1-3,8,10H2,(H,19,20). The third-order valence-corrected chi connectivity index (χ3v) is 3.52. The molecule has 112 valence electrons. The number of carboxylic acids is 1. The quantitative estimate of drug-likeness (QED) is 0.812. The van der Waals surface area contributed by atoms with Crippen LogP contribution in [0.5, 0.6) is 0 Å². The first-order chi connectivity index (χ1) is 10.1. The smallest absolute Gasteiger partial charge is 0.328 e. The molecule has 6 heteroatoms. The van der Waals surface area contributed by atoms with Gasteiger partial charge in [0.2, 0.25) is 0 Å². The van der Waals surface area contributed by atoms with Gasteiger partial charge in [0.1, 0.15) is 5.69 Å². The number of nitrogens with zero attached hydrogens (tertiary/aromatic N) is 2. The second-order valence-corrected chi connectivity index (χ2v) is 4.98. The first kappa shape index (κ1) is 15.2. The molecule has 1 aromatic heterocycles. The van der Waals surface area contributed by atoms with E-state index >= 15 is 0 Å². The molecule has 0 aromatic carbocycles. The third kappa shape index (κ3) is 3.88. The average Bonchev–Trinajstić information content (AvgIpc) is 2.52. The number of rotatable bonds is 4.